The standard InChI is InChI=1S/C9H9BrFNO4/c1-16-8-4(13)2-3(10)6(11)5(8)7(12)9(14)15/h2,7,13H,12H2,1H3,(H,14,15). The minimum atomic E-state index is -1.61. The molecular formula is C9H9BrFNO4. The van der Waals surface area contributed by atoms with Crippen molar-refractivity contribution >= 4 is 21.9 Å². The Morgan fingerprint density at radius 1 is 1.69 bits per heavy atom. The molecule has 7 heteroatoms. The van der Waals surface area contributed by atoms with Gasteiger partial charge in [0.1, 0.15) is 11.9 Å². The van der Waals surface area contributed by atoms with E-state index in [1.165, 1.54) is 7.11 Å². The maximum absolute atomic E-state index is 13.7. The normalized spacial score (nSPS) is 12.2. The van der Waals surface area contributed by atoms with Crippen LogP contribution in [0.1, 0.15) is 11.6 Å². The summed E-state index contributed by atoms with van der Waals surface area (Å²) in [6.45, 7) is 0. The molecule has 0 aliphatic heterocycles. The van der Waals surface area contributed by atoms with Gasteiger partial charge in [0, 0.05) is 6.07 Å². The van der Waals surface area contributed by atoms with E-state index in [0.29, 0.717) is 0 Å². The molecule has 0 saturated carbocycles. The van der Waals surface area contributed by atoms with E-state index in [2.05, 4.69) is 15.9 Å². The van der Waals surface area contributed by atoms with Crippen LogP contribution in [0.4, 0.5) is 4.39 Å². The highest BCUT2D eigenvalue weighted by Crippen LogP contribution is 2.39. The summed E-state index contributed by atoms with van der Waals surface area (Å²) in [7, 11) is 1.18. The third-order valence-corrected chi connectivity index (χ3v) is 2.55. The van der Waals surface area contributed by atoms with Crippen molar-refractivity contribution < 1.29 is 24.1 Å². The van der Waals surface area contributed by atoms with E-state index < -0.39 is 23.4 Å². The smallest absolute Gasteiger partial charge is 0.325 e. The summed E-state index contributed by atoms with van der Waals surface area (Å²) in [5.74, 6) is -2.96. The van der Waals surface area contributed by atoms with Gasteiger partial charge in [-0.15, -0.1) is 0 Å². The number of rotatable bonds is 3. The lowest BCUT2D eigenvalue weighted by Gasteiger charge is -2.15. The van der Waals surface area contributed by atoms with E-state index in [4.69, 9.17) is 15.6 Å². The van der Waals surface area contributed by atoms with Crippen LogP contribution in [0.3, 0.4) is 0 Å². The summed E-state index contributed by atoms with van der Waals surface area (Å²) in [5, 5.41) is 18.2. The molecule has 1 unspecified atom stereocenters. The SMILES string of the molecule is COc1c(O)cc(Br)c(F)c1C(N)C(=O)O. The Morgan fingerprint density at radius 2 is 2.25 bits per heavy atom. The first kappa shape index (κ1) is 12.7. The topological polar surface area (TPSA) is 92.8 Å². The van der Waals surface area contributed by atoms with Crippen molar-refractivity contribution in [3.05, 3.63) is 21.9 Å². The number of phenolic OH excluding ortho intramolecular Hbond substituents is 1. The van der Waals surface area contributed by atoms with Crippen molar-refractivity contribution in [1.29, 1.82) is 0 Å². The van der Waals surface area contributed by atoms with Gasteiger partial charge < -0.3 is 20.7 Å². The number of ether oxygens (including phenoxy) is 1. The molecule has 0 fully saturated rings. The van der Waals surface area contributed by atoms with Crippen LogP contribution in [0.2, 0.25) is 0 Å². The first-order valence-electron chi connectivity index (χ1n) is 4.13. The Hall–Kier alpha value is -1.34. The van der Waals surface area contributed by atoms with E-state index in [-0.39, 0.29) is 16.0 Å². The molecular weight excluding hydrogens is 285 g/mol. The molecule has 16 heavy (non-hydrogen) atoms. The number of aromatic hydroxyl groups is 1. The lowest BCUT2D eigenvalue weighted by atomic mass is 10.1. The van der Waals surface area contributed by atoms with Gasteiger partial charge in [-0.3, -0.25) is 4.79 Å². The zero-order chi connectivity index (χ0) is 12.5. The third kappa shape index (κ3) is 2.10. The molecule has 5 nitrogen and oxygen atoms in total. The summed E-state index contributed by atoms with van der Waals surface area (Å²) in [6.07, 6.45) is 0. The first-order valence-corrected chi connectivity index (χ1v) is 4.92. The van der Waals surface area contributed by atoms with Crippen LogP contribution in [0.5, 0.6) is 11.5 Å². The zero-order valence-corrected chi connectivity index (χ0v) is 9.78. The number of halogens is 2. The molecule has 1 aromatic rings. The van der Waals surface area contributed by atoms with Gasteiger partial charge in [0.15, 0.2) is 11.5 Å². The van der Waals surface area contributed by atoms with Gasteiger partial charge in [-0.2, -0.15) is 0 Å². The summed E-state index contributed by atoms with van der Waals surface area (Å²) in [5.41, 5.74) is 4.90. The molecule has 0 amide bonds. The Kier molecular flexibility index (Phi) is 3.71. The number of carboxylic acid groups (broad SMARTS) is 1. The second-order valence-corrected chi connectivity index (χ2v) is 3.81. The molecule has 1 aromatic carbocycles. The number of methoxy groups -OCH3 is 1. The van der Waals surface area contributed by atoms with Crippen molar-refractivity contribution in [2.75, 3.05) is 7.11 Å². The van der Waals surface area contributed by atoms with Crippen LogP contribution in [-0.2, 0) is 4.79 Å². The minimum absolute atomic E-state index is 0.0856. The Bertz CT molecular complexity index is 438. The Labute approximate surface area is 98.8 Å². The molecule has 1 rings (SSSR count). The van der Waals surface area contributed by atoms with Gasteiger partial charge in [-0.25, -0.2) is 4.39 Å². The second kappa shape index (κ2) is 4.67. The number of phenols is 1. The molecule has 0 saturated heterocycles. The predicted octanol–water partition coefficient (Wildman–Crippen LogP) is 1.39. The second-order valence-electron chi connectivity index (χ2n) is 2.95. The third-order valence-electron chi connectivity index (χ3n) is 1.97. The average Bonchev–Trinajstić information content (AvgIpc) is 2.21. The molecule has 4 N–H and O–H groups in total. The molecule has 0 aromatic heterocycles. The van der Waals surface area contributed by atoms with Gasteiger partial charge in [0.2, 0.25) is 0 Å². The van der Waals surface area contributed by atoms with Crippen LogP contribution >= 0.6 is 15.9 Å². The Balaban J connectivity index is 3.50. The molecule has 1 atom stereocenters. The maximum atomic E-state index is 13.7. The monoisotopic (exact) mass is 293 g/mol. The van der Waals surface area contributed by atoms with Gasteiger partial charge in [0.25, 0.3) is 0 Å². The number of carboxylic acids is 1. The number of hydrogen-bond acceptors (Lipinski definition) is 4. The van der Waals surface area contributed by atoms with E-state index in [1.807, 2.05) is 0 Å². The fraction of sp³-hybridized carbons (Fsp3) is 0.222. The van der Waals surface area contributed by atoms with Crippen molar-refractivity contribution in [3.8, 4) is 11.5 Å². The minimum Gasteiger partial charge on any atom is -0.504 e. The van der Waals surface area contributed by atoms with Gasteiger partial charge in [0.05, 0.1) is 17.1 Å². The lowest BCUT2D eigenvalue weighted by molar-refractivity contribution is -0.138. The highest BCUT2D eigenvalue weighted by molar-refractivity contribution is 9.10. The van der Waals surface area contributed by atoms with Crippen molar-refractivity contribution in [3.63, 3.8) is 0 Å². The van der Waals surface area contributed by atoms with Crippen LogP contribution < -0.4 is 10.5 Å². The van der Waals surface area contributed by atoms with Crippen LogP contribution in [-0.4, -0.2) is 23.3 Å². The van der Waals surface area contributed by atoms with Crippen LogP contribution in [0.15, 0.2) is 10.5 Å². The van der Waals surface area contributed by atoms with Gasteiger partial charge >= 0.3 is 5.97 Å². The number of aliphatic carboxylic acids is 1. The average molecular weight is 294 g/mol. The molecule has 88 valence electrons. The highest BCUT2D eigenvalue weighted by Gasteiger charge is 2.27. The molecule has 0 bridgehead atoms. The molecule has 0 spiro atoms. The summed E-state index contributed by atoms with van der Waals surface area (Å²) in [4.78, 5) is 10.7. The number of carbonyl (C=O) groups is 1. The van der Waals surface area contributed by atoms with E-state index >= 15 is 0 Å². The number of nitrogens with two attached hydrogens (primary N) is 1. The molecule has 0 aliphatic rings. The quantitative estimate of drug-likeness (QED) is 0.783. The van der Waals surface area contributed by atoms with E-state index in [0.717, 1.165) is 6.07 Å². The van der Waals surface area contributed by atoms with Crippen molar-refractivity contribution in [2.45, 2.75) is 6.04 Å². The highest BCUT2D eigenvalue weighted by atomic mass is 79.9. The maximum Gasteiger partial charge on any atom is 0.325 e. The van der Waals surface area contributed by atoms with Gasteiger partial charge in [-0.05, 0) is 15.9 Å². The largest absolute Gasteiger partial charge is 0.504 e. The Morgan fingerprint density at radius 3 is 2.69 bits per heavy atom. The van der Waals surface area contributed by atoms with Crippen LogP contribution in [0, 0.1) is 5.82 Å². The van der Waals surface area contributed by atoms with E-state index in [9.17, 15) is 14.3 Å². The number of hydrogen-bond donors (Lipinski definition) is 3. The van der Waals surface area contributed by atoms with E-state index in [1.54, 1.807) is 0 Å². The zero-order valence-electron chi connectivity index (χ0n) is 8.20. The summed E-state index contributed by atoms with van der Waals surface area (Å²) < 4.78 is 18.3. The van der Waals surface area contributed by atoms with Gasteiger partial charge in [-0.1, -0.05) is 0 Å². The first-order chi connectivity index (χ1) is 7.40. The van der Waals surface area contributed by atoms with Crippen molar-refractivity contribution in [2.24, 2.45) is 5.73 Å². The predicted molar refractivity (Wildman–Crippen MR) is 56.9 cm³/mol. The summed E-state index contributed by atoms with van der Waals surface area (Å²) in [6, 6.07) is -0.551. The van der Waals surface area contributed by atoms with Crippen molar-refractivity contribution in [1.82, 2.24) is 0 Å². The molecule has 0 radical (unpaired) electrons. The fourth-order valence-corrected chi connectivity index (χ4v) is 1.66. The molecule has 0 heterocycles. The lowest BCUT2D eigenvalue weighted by Crippen LogP contribution is -2.22. The van der Waals surface area contributed by atoms with Crippen LogP contribution in [0.25, 0.3) is 0 Å². The fourth-order valence-electron chi connectivity index (χ4n) is 1.23. The summed E-state index contributed by atoms with van der Waals surface area (Å²) >= 11 is 2.84. The molecule has 0 aliphatic carbocycles. The number of benzene rings is 1.